The highest BCUT2D eigenvalue weighted by molar-refractivity contribution is 5.86. The summed E-state index contributed by atoms with van der Waals surface area (Å²) in [6, 6.07) is 26.6. The van der Waals surface area contributed by atoms with E-state index in [0.717, 1.165) is 0 Å². The first-order valence-electron chi connectivity index (χ1n) is 6.84. The van der Waals surface area contributed by atoms with Gasteiger partial charge in [-0.15, -0.1) is 0 Å². The van der Waals surface area contributed by atoms with Crippen LogP contribution in [-0.4, -0.2) is 5.97 Å². The van der Waals surface area contributed by atoms with E-state index in [2.05, 4.69) is 48.5 Å². The predicted molar refractivity (Wildman–Crippen MR) is 87.1 cm³/mol. The zero-order valence-corrected chi connectivity index (χ0v) is 12.0. The van der Waals surface area contributed by atoms with Crippen LogP contribution in [0.25, 0.3) is 11.1 Å². The number of aromatic carboxylic acids is 1. The molecule has 0 bridgehead atoms. The van der Waals surface area contributed by atoms with Crippen LogP contribution in [0.15, 0.2) is 84.9 Å². The number of nitrogen functional groups attached to an aromatic ring is 1. The highest BCUT2D eigenvalue weighted by Gasteiger charge is 1.92. The second kappa shape index (κ2) is 7.64. The molecule has 0 heterocycles. The zero-order valence-electron chi connectivity index (χ0n) is 12.0. The van der Waals surface area contributed by atoms with Gasteiger partial charge in [-0.2, -0.15) is 0 Å². The van der Waals surface area contributed by atoms with Crippen molar-refractivity contribution in [3.63, 3.8) is 0 Å². The van der Waals surface area contributed by atoms with Gasteiger partial charge in [0.2, 0.25) is 0 Å². The summed E-state index contributed by atoms with van der Waals surface area (Å²) in [5, 5.41) is 10.2. The first-order chi connectivity index (χ1) is 10.7. The van der Waals surface area contributed by atoms with E-state index in [1.807, 2.05) is 12.1 Å². The quantitative estimate of drug-likeness (QED) is 0.738. The van der Waals surface area contributed by atoms with E-state index in [1.54, 1.807) is 0 Å². The van der Waals surface area contributed by atoms with Gasteiger partial charge in [0.25, 0.3) is 0 Å². The van der Waals surface area contributed by atoms with Crippen LogP contribution >= 0.6 is 0 Å². The summed E-state index contributed by atoms with van der Waals surface area (Å²) in [6.07, 6.45) is 0. The van der Waals surface area contributed by atoms with E-state index < -0.39 is 5.97 Å². The Morgan fingerprint density at radius 1 is 0.682 bits per heavy atom. The molecule has 0 aliphatic heterocycles. The molecule has 0 spiro atoms. The van der Waals surface area contributed by atoms with Crippen molar-refractivity contribution in [2.75, 3.05) is 5.73 Å². The maximum absolute atomic E-state index is 10.2. The Morgan fingerprint density at radius 2 is 1.09 bits per heavy atom. The van der Waals surface area contributed by atoms with Crippen LogP contribution in [0.1, 0.15) is 10.4 Å². The van der Waals surface area contributed by atoms with Gasteiger partial charge in [-0.25, -0.2) is 0 Å². The fraction of sp³-hybridized carbons (Fsp3) is 0. The van der Waals surface area contributed by atoms with Gasteiger partial charge < -0.3 is 15.6 Å². The monoisotopic (exact) mass is 290 g/mol. The Labute approximate surface area is 129 Å². The van der Waals surface area contributed by atoms with Crippen LogP contribution in [0.5, 0.6) is 0 Å². The van der Waals surface area contributed by atoms with E-state index >= 15 is 0 Å². The Balaban J connectivity index is 0.000000164. The number of rotatable bonds is 2. The SMILES string of the molecule is Nc1ccc(C(=O)[O-])cc1.c1ccc(-c2ccccc2)cc1. The van der Waals surface area contributed by atoms with E-state index in [4.69, 9.17) is 5.73 Å². The fourth-order valence-corrected chi connectivity index (χ4v) is 1.88. The lowest BCUT2D eigenvalue weighted by Crippen LogP contribution is -2.21. The van der Waals surface area contributed by atoms with Gasteiger partial charge in [-0.3, -0.25) is 0 Å². The lowest BCUT2D eigenvalue weighted by Gasteiger charge is -2.00. The average molecular weight is 290 g/mol. The normalized spacial score (nSPS) is 9.45. The number of hydrogen-bond acceptors (Lipinski definition) is 3. The summed E-state index contributed by atoms with van der Waals surface area (Å²) < 4.78 is 0. The molecule has 0 saturated heterocycles. The third-order valence-electron chi connectivity index (χ3n) is 3.03. The van der Waals surface area contributed by atoms with Crippen molar-refractivity contribution in [1.82, 2.24) is 0 Å². The number of carboxylic acids is 1. The Morgan fingerprint density at radius 3 is 1.45 bits per heavy atom. The number of carbonyl (C=O) groups excluding carboxylic acids is 1. The Hall–Kier alpha value is -3.07. The highest BCUT2D eigenvalue weighted by Crippen LogP contribution is 2.17. The molecule has 0 unspecified atom stereocenters. The van der Waals surface area contributed by atoms with Gasteiger partial charge in [-0.05, 0) is 28.8 Å². The van der Waals surface area contributed by atoms with Crippen molar-refractivity contribution < 1.29 is 9.90 Å². The van der Waals surface area contributed by atoms with Gasteiger partial charge in [0, 0.05) is 5.69 Å². The van der Waals surface area contributed by atoms with Crippen LogP contribution in [-0.2, 0) is 0 Å². The lowest BCUT2D eigenvalue weighted by molar-refractivity contribution is -0.255. The summed E-state index contributed by atoms with van der Waals surface area (Å²) in [5.41, 5.74) is 8.56. The minimum atomic E-state index is -1.18. The summed E-state index contributed by atoms with van der Waals surface area (Å²) >= 11 is 0. The van der Waals surface area contributed by atoms with Crippen LogP contribution < -0.4 is 10.8 Å². The van der Waals surface area contributed by atoms with Crippen LogP contribution in [0.2, 0.25) is 0 Å². The topological polar surface area (TPSA) is 66.2 Å². The van der Waals surface area contributed by atoms with Gasteiger partial charge >= 0.3 is 0 Å². The fourth-order valence-electron chi connectivity index (χ4n) is 1.88. The smallest absolute Gasteiger partial charge is 0.0715 e. The van der Waals surface area contributed by atoms with Crippen LogP contribution in [0.4, 0.5) is 5.69 Å². The number of benzene rings is 3. The second-order valence-electron chi connectivity index (χ2n) is 4.64. The van der Waals surface area contributed by atoms with Crippen LogP contribution in [0, 0.1) is 0 Å². The molecular weight excluding hydrogens is 274 g/mol. The number of nitrogens with two attached hydrogens (primary N) is 1. The number of carbonyl (C=O) groups is 1. The van der Waals surface area contributed by atoms with Crippen molar-refractivity contribution in [2.24, 2.45) is 0 Å². The standard InChI is InChI=1S/C12H10.C7H7NO2/c1-3-7-11(8-4-1)12-9-5-2-6-10-12;8-6-3-1-5(2-4-6)7(9)10/h1-10H;1-4H,8H2,(H,9,10)/p-1. The van der Waals surface area contributed by atoms with Crippen molar-refractivity contribution in [2.45, 2.75) is 0 Å². The molecular formula is C19H16NO2-. The van der Waals surface area contributed by atoms with Crippen molar-refractivity contribution in [1.29, 1.82) is 0 Å². The minimum absolute atomic E-state index is 0.147. The molecule has 110 valence electrons. The van der Waals surface area contributed by atoms with Crippen LogP contribution in [0.3, 0.4) is 0 Å². The molecule has 0 fully saturated rings. The van der Waals surface area contributed by atoms with Gasteiger partial charge in [0.1, 0.15) is 0 Å². The Kier molecular flexibility index (Phi) is 5.32. The van der Waals surface area contributed by atoms with Gasteiger partial charge in [0.15, 0.2) is 0 Å². The maximum atomic E-state index is 10.2. The lowest BCUT2D eigenvalue weighted by atomic mass is 10.1. The molecule has 0 radical (unpaired) electrons. The van der Waals surface area contributed by atoms with Gasteiger partial charge in [0.05, 0.1) is 5.97 Å². The molecule has 0 amide bonds. The maximum Gasteiger partial charge on any atom is 0.0715 e. The summed E-state index contributed by atoms with van der Waals surface area (Å²) in [5.74, 6) is -1.18. The number of hydrogen-bond donors (Lipinski definition) is 1. The third-order valence-corrected chi connectivity index (χ3v) is 3.03. The Bertz CT molecular complexity index is 670. The summed E-state index contributed by atoms with van der Waals surface area (Å²) in [4.78, 5) is 10.2. The van der Waals surface area contributed by atoms with E-state index in [0.29, 0.717) is 5.69 Å². The highest BCUT2D eigenvalue weighted by atomic mass is 16.4. The largest absolute Gasteiger partial charge is 0.545 e. The molecule has 0 aliphatic rings. The third kappa shape index (κ3) is 4.49. The molecule has 0 aromatic heterocycles. The molecule has 3 aromatic rings. The predicted octanol–water partition coefficient (Wildman–Crippen LogP) is 2.99. The van der Waals surface area contributed by atoms with E-state index in [1.165, 1.54) is 35.4 Å². The number of anilines is 1. The first kappa shape index (κ1) is 15.3. The van der Waals surface area contributed by atoms with Crippen molar-refractivity contribution in [3.8, 4) is 11.1 Å². The van der Waals surface area contributed by atoms with Gasteiger partial charge in [-0.1, -0.05) is 72.8 Å². The molecule has 0 aliphatic carbocycles. The zero-order chi connectivity index (χ0) is 15.8. The first-order valence-corrected chi connectivity index (χ1v) is 6.84. The second-order valence-corrected chi connectivity index (χ2v) is 4.64. The molecule has 22 heavy (non-hydrogen) atoms. The van der Waals surface area contributed by atoms with E-state index in [-0.39, 0.29) is 5.56 Å². The molecule has 0 atom stereocenters. The molecule has 3 nitrogen and oxygen atoms in total. The molecule has 0 saturated carbocycles. The number of carboxylic acid groups (broad SMARTS) is 1. The molecule has 3 aromatic carbocycles. The summed E-state index contributed by atoms with van der Waals surface area (Å²) in [7, 11) is 0. The summed E-state index contributed by atoms with van der Waals surface area (Å²) in [6.45, 7) is 0. The minimum Gasteiger partial charge on any atom is -0.545 e. The van der Waals surface area contributed by atoms with Crippen molar-refractivity contribution >= 4 is 11.7 Å². The van der Waals surface area contributed by atoms with Crippen molar-refractivity contribution in [3.05, 3.63) is 90.5 Å². The van der Waals surface area contributed by atoms with E-state index in [9.17, 15) is 9.90 Å². The molecule has 3 rings (SSSR count). The molecule has 3 heteroatoms. The molecule has 2 N–H and O–H groups in total. The average Bonchev–Trinajstić information content (AvgIpc) is 2.57.